The minimum atomic E-state index is -4.46. The van der Waals surface area contributed by atoms with Crippen molar-refractivity contribution in [2.24, 2.45) is 0 Å². The molecule has 0 heterocycles. The quantitative estimate of drug-likeness (QED) is 0.521. The van der Waals surface area contributed by atoms with Crippen LogP contribution in [0.3, 0.4) is 0 Å². The second kappa shape index (κ2) is 11.2. The highest BCUT2D eigenvalue weighted by atomic mass is 19.4. The first-order chi connectivity index (χ1) is 15.0. The molecule has 0 amide bonds. The van der Waals surface area contributed by atoms with Gasteiger partial charge in [-0.3, -0.25) is 0 Å². The van der Waals surface area contributed by atoms with Gasteiger partial charge in [0.05, 0.1) is 39.1 Å². The third kappa shape index (κ3) is 7.13. The van der Waals surface area contributed by atoms with Gasteiger partial charge in [-0.15, -0.1) is 0 Å². The second-order valence-corrected chi connectivity index (χ2v) is 7.38. The Labute approximate surface area is 184 Å². The Kier molecular flexibility index (Phi) is 8.91. The smallest absolute Gasteiger partial charge is 0.416 e. The van der Waals surface area contributed by atoms with Crippen LogP contribution in [-0.4, -0.2) is 37.5 Å². The third-order valence-electron chi connectivity index (χ3n) is 4.61. The van der Waals surface area contributed by atoms with E-state index in [0.717, 1.165) is 17.7 Å². The van der Waals surface area contributed by atoms with Crippen LogP contribution in [0, 0.1) is 0 Å². The first-order valence-electron chi connectivity index (χ1n) is 9.91. The Morgan fingerprint density at radius 2 is 1.62 bits per heavy atom. The Bertz CT molecular complexity index is 911. The molecule has 1 atom stereocenters. The Hall–Kier alpha value is -2.78. The standard InChI is InChI=1S/C23H27F3O6/c1-14(2)32-21(22(27)28)10-15-5-8-19(29-3)17(9-15)13-31-12-16-6-7-18(23(24,25)26)11-20(16)30-4/h5-9,11,14,21H,10,12-13H2,1-4H3,(H,27,28). The van der Waals surface area contributed by atoms with E-state index < -0.39 is 23.8 Å². The summed E-state index contributed by atoms with van der Waals surface area (Å²) >= 11 is 0. The van der Waals surface area contributed by atoms with Crippen molar-refractivity contribution in [3.8, 4) is 11.5 Å². The van der Waals surface area contributed by atoms with Crippen molar-refractivity contribution in [3.05, 3.63) is 58.7 Å². The van der Waals surface area contributed by atoms with Gasteiger partial charge >= 0.3 is 12.1 Å². The lowest BCUT2D eigenvalue weighted by atomic mass is 10.0. The molecule has 1 unspecified atom stereocenters. The highest BCUT2D eigenvalue weighted by Crippen LogP contribution is 2.33. The van der Waals surface area contributed by atoms with Crippen LogP contribution in [0.15, 0.2) is 36.4 Å². The molecular weight excluding hydrogens is 429 g/mol. The zero-order valence-electron chi connectivity index (χ0n) is 18.4. The molecule has 0 bridgehead atoms. The predicted octanol–water partition coefficient (Wildman–Crippen LogP) is 4.86. The lowest BCUT2D eigenvalue weighted by molar-refractivity contribution is -0.153. The number of hydrogen-bond acceptors (Lipinski definition) is 5. The molecule has 0 aromatic heterocycles. The monoisotopic (exact) mass is 456 g/mol. The maximum absolute atomic E-state index is 12.9. The van der Waals surface area contributed by atoms with Gasteiger partial charge in [-0.05, 0) is 43.7 Å². The van der Waals surface area contributed by atoms with Gasteiger partial charge in [0.1, 0.15) is 11.5 Å². The van der Waals surface area contributed by atoms with E-state index in [1.165, 1.54) is 20.3 Å². The number of rotatable bonds is 11. The van der Waals surface area contributed by atoms with E-state index in [1.807, 2.05) is 0 Å². The van der Waals surface area contributed by atoms with Crippen LogP contribution in [0.1, 0.15) is 36.1 Å². The molecule has 0 aliphatic heterocycles. The number of methoxy groups -OCH3 is 2. The number of hydrogen-bond donors (Lipinski definition) is 1. The Morgan fingerprint density at radius 1 is 0.969 bits per heavy atom. The van der Waals surface area contributed by atoms with Crippen LogP contribution in [-0.2, 0) is 40.1 Å². The average Bonchev–Trinajstić information content (AvgIpc) is 2.72. The lowest BCUT2D eigenvalue weighted by Crippen LogP contribution is -2.29. The number of carboxylic acid groups (broad SMARTS) is 1. The van der Waals surface area contributed by atoms with Crippen molar-refractivity contribution in [3.63, 3.8) is 0 Å². The molecular formula is C23H27F3O6. The summed E-state index contributed by atoms with van der Waals surface area (Å²) in [7, 11) is 2.79. The number of aliphatic carboxylic acids is 1. The number of carbonyl (C=O) groups is 1. The van der Waals surface area contributed by atoms with Crippen molar-refractivity contribution in [1.82, 2.24) is 0 Å². The molecule has 0 saturated heterocycles. The van der Waals surface area contributed by atoms with Crippen molar-refractivity contribution >= 4 is 5.97 Å². The molecule has 2 aromatic carbocycles. The summed E-state index contributed by atoms with van der Waals surface area (Å²) in [5.41, 5.74) is 1.06. The van der Waals surface area contributed by atoms with E-state index in [2.05, 4.69) is 0 Å². The molecule has 0 spiro atoms. The summed E-state index contributed by atoms with van der Waals surface area (Å²) in [4.78, 5) is 11.5. The molecule has 0 radical (unpaired) electrons. The van der Waals surface area contributed by atoms with E-state index >= 15 is 0 Å². The summed E-state index contributed by atoms with van der Waals surface area (Å²) < 4.78 is 60.2. The van der Waals surface area contributed by atoms with Gasteiger partial charge < -0.3 is 24.1 Å². The maximum Gasteiger partial charge on any atom is 0.416 e. The van der Waals surface area contributed by atoms with Crippen LogP contribution in [0.4, 0.5) is 13.2 Å². The topological polar surface area (TPSA) is 74.2 Å². The van der Waals surface area contributed by atoms with E-state index in [1.54, 1.807) is 32.0 Å². The number of benzene rings is 2. The fourth-order valence-corrected chi connectivity index (χ4v) is 3.12. The highest BCUT2D eigenvalue weighted by Gasteiger charge is 2.31. The lowest BCUT2D eigenvalue weighted by Gasteiger charge is -2.18. The van der Waals surface area contributed by atoms with Gasteiger partial charge in [-0.2, -0.15) is 13.2 Å². The van der Waals surface area contributed by atoms with E-state index in [4.69, 9.17) is 18.9 Å². The van der Waals surface area contributed by atoms with Crippen LogP contribution in [0.25, 0.3) is 0 Å². The molecule has 6 nitrogen and oxygen atoms in total. The normalized spacial score (nSPS) is 12.6. The molecule has 0 fully saturated rings. The largest absolute Gasteiger partial charge is 0.496 e. The number of halogens is 3. The minimum absolute atomic E-state index is 0.0168. The summed E-state index contributed by atoms with van der Waals surface area (Å²) in [5, 5.41) is 9.38. The van der Waals surface area contributed by atoms with Gasteiger partial charge in [-0.1, -0.05) is 12.1 Å². The zero-order chi connectivity index (χ0) is 23.9. The molecule has 32 heavy (non-hydrogen) atoms. The molecule has 0 aliphatic rings. The maximum atomic E-state index is 12.9. The van der Waals surface area contributed by atoms with Crippen LogP contribution < -0.4 is 9.47 Å². The summed E-state index contributed by atoms with van der Waals surface area (Å²) in [6.07, 6.45) is -5.53. The fourth-order valence-electron chi connectivity index (χ4n) is 3.12. The summed E-state index contributed by atoms with van der Waals surface area (Å²) in [6.45, 7) is 3.64. The van der Waals surface area contributed by atoms with Gasteiger partial charge in [0.15, 0.2) is 6.10 Å². The van der Waals surface area contributed by atoms with Crippen LogP contribution >= 0.6 is 0 Å². The van der Waals surface area contributed by atoms with Crippen molar-refractivity contribution in [2.45, 2.75) is 51.9 Å². The average molecular weight is 456 g/mol. The molecule has 0 aliphatic carbocycles. The molecule has 2 rings (SSSR count). The van der Waals surface area contributed by atoms with Gasteiger partial charge in [0.25, 0.3) is 0 Å². The van der Waals surface area contributed by atoms with E-state index in [0.29, 0.717) is 16.9 Å². The van der Waals surface area contributed by atoms with E-state index in [-0.39, 0.29) is 31.5 Å². The second-order valence-electron chi connectivity index (χ2n) is 7.38. The highest BCUT2D eigenvalue weighted by molar-refractivity contribution is 5.72. The van der Waals surface area contributed by atoms with Crippen molar-refractivity contribution < 1.29 is 42.0 Å². The van der Waals surface area contributed by atoms with Gasteiger partial charge in [-0.25, -0.2) is 4.79 Å². The third-order valence-corrected chi connectivity index (χ3v) is 4.61. The Morgan fingerprint density at radius 3 is 2.19 bits per heavy atom. The van der Waals surface area contributed by atoms with Crippen molar-refractivity contribution in [1.29, 1.82) is 0 Å². The summed E-state index contributed by atoms with van der Waals surface area (Å²) in [5.74, 6) is -0.429. The molecule has 0 saturated carbocycles. The fraction of sp³-hybridized carbons (Fsp3) is 0.435. The SMILES string of the molecule is COc1ccc(CC(OC(C)C)C(=O)O)cc1COCc1ccc(C(F)(F)F)cc1OC. The molecule has 2 aromatic rings. The number of carboxylic acids is 1. The first kappa shape index (κ1) is 25.5. The Balaban J connectivity index is 2.12. The van der Waals surface area contributed by atoms with Gasteiger partial charge in [0, 0.05) is 17.5 Å². The van der Waals surface area contributed by atoms with Crippen LogP contribution in [0.5, 0.6) is 11.5 Å². The van der Waals surface area contributed by atoms with E-state index in [9.17, 15) is 23.1 Å². The molecule has 9 heteroatoms. The first-order valence-corrected chi connectivity index (χ1v) is 9.91. The molecule has 176 valence electrons. The van der Waals surface area contributed by atoms with Gasteiger partial charge in [0.2, 0.25) is 0 Å². The summed E-state index contributed by atoms with van der Waals surface area (Å²) in [6, 6.07) is 8.45. The minimum Gasteiger partial charge on any atom is -0.496 e. The number of ether oxygens (including phenoxy) is 4. The predicted molar refractivity (Wildman–Crippen MR) is 111 cm³/mol. The zero-order valence-corrected chi connectivity index (χ0v) is 18.4. The molecule has 1 N–H and O–H groups in total. The number of alkyl halides is 3. The van der Waals surface area contributed by atoms with Crippen LogP contribution in [0.2, 0.25) is 0 Å². The van der Waals surface area contributed by atoms with Crippen molar-refractivity contribution in [2.75, 3.05) is 14.2 Å².